The summed E-state index contributed by atoms with van der Waals surface area (Å²) in [5, 5.41) is 6.74. The summed E-state index contributed by atoms with van der Waals surface area (Å²) in [6, 6.07) is 6.86. The molecule has 27 heavy (non-hydrogen) atoms. The molecule has 1 aromatic carbocycles. The molecule has 0 saturated heterocycles. The Labute approximate surface area is 153 Å². The number of carbonyl (C=O) groups is 2. The van der Waals surface area contributed by atoms with Gasteiger partial charge in [0.2, 0.25) is 0 Å². The van der Waals surface area contributed by atoms with Crippen molar-refractivity contribution in [1.29, 1.82) is 0 Å². The molecule has 0 saturated carbocycles. The smallest absolute Gasteiger partial charge is 0.273 e. The van der Waals surface area contributed by atoms with Crippen LogP contribution in [0.4, 0.5) is 0 Å². The highest BCUT2D eigenvalue weighted by Gasteiger charge is 2.19. The van der Waals surface area contributed by atoms with Gasteiger partial charge in [0.15, 0.2) is 11.5 Å². The number of nitrogens with one attached hydrogen (secondary N) is 3. The Morgan fingerprint density at radius 1 is 1.04 bits per heavy atom. The topological polar surface area (TPSA) is 118 Å². The van der Waals surface area contributed by atoms with Crippen molar-refractivity contribution in [3.05, 3.63) is 53.6 Å². The Kier molecular flexibility index (Phi) is 4.25. The number of amides is 2. The van der Waals surface area contributed by atoms with Crippen molar-refractivity contribution < 1.29 is 23.5 Å². The Balaban J connectivity index is 1.51. The minimum atomic E-state index is -0.511. The number of aromatic amines is 1. The van der Waals surface area contributed by atoms with E-state index in [-0.39, 0.29) is 5.56 Å². The molecule has 1 aliphatic heterocycles. The minimum Gasteiger partial charge on any atom is -0.486 e. The zero-order valence-electron chi connectivity index (χ0n) is 14.4. The van der Waals surface area contributed by atoms with Crippen molar-refractivity contribution in [2.45, 2.75) is 6.92 Å². The Hall–Kier alpha value is -3.75. The van der Waals surface area contributed by atoms with Gasteiger partial charge in [-0.25, -0.2) is 0 Å². The van der Waals surface area contributed by atoms with Crippen molar-refractivity contribution in [2.75, 3.05) is 13.2 Å². The number of carbonyl (C=O) groups excluding carboxylic acids is 2. The lowest BCUT2D eigenvalue weighted by Gasteiger charge is -2.18. The van der Waals surface area contributed by atoms with Crippen LogP contribution in [0.2, 0.25) is 0 Å². The Bertz CT molecular complexity index is 1010. The lowest BCUT2D eigenvalue weighted by atomic mass is 10.1. The highest BCUT2D eigenvalue weighted by Crippen LogP contribution is 2.34. The fraction of sp³-hybridized carbons (Fsp3) is 0.167. The molecule has 0 radical (unpaired) electrons. The van der Waals surface area contributed by atoms with E-state index in [1.54, 1.807) is 25.1 Å². The van der Waals surface area contributed by atoms with Crippen LogP contribution in [-0.2, 0) is 0 Å². The minimum absolute atomic E-state index is 0.274. The first-order chi connectivity index (χ1) is 13.1. The summed E-state index contributed by atoms with van der Waals surface area (Å²) in [6.07, 6.45) is 2.79. The maximum Gasteiger partial charge on any atom is 0.273 e. The number of benzene rings is 1. The van der Waals surface area contributed by atoms with Gasteiger partial charge in [-0.05, 0) is 31.2 Å². The quantitative estimate of drug-likeness (QED) is 0.607. The lowest BCUT2D eigenvalue weighted by Crippen LogP contribution is -2.41. The summed E-state index contributed by atoms with van der Waals surface area (Å²) in [5.41, 5.74) is 6.56. The SMILES string of the molecule is Cc1occc1C(=O)NNC(=O)c1cn[nH]c1-c1ccc2c(c1)OCCO2. The van der Waals surface area contributed by atoms with Crippen LogP contribution >= 0.6 is 0 Å². The lowest BCUT2D eigenvalue weighted by molar-refractivity contribution is 0.0846. The molecule has 0 unspecified atom stereocenters. The van der Waals surface area contributed by atoms with E-state index >= 15 is 0 Å². The number of fused-ring (bicyclic) bond motifs is 1. The van der Waals surface area contributed by atoms with Gasteiger partial charge >= 0.3 is 0 Å². The molecule has 0 aliphatic carbocycles. The highest BCUT2D eigenvalue weighted by atomic mass is 16.6. The van der Waals surface area contributed by atoms with Gasteiger partial charge in [0.25, 0.3) is 11.8 Å². The average Bonchev–Trinajstić information content (AvgIpc) is 3.34. The van der Waals surface area contributed by atoms with Crippen molar-refractivity contribution in [3.63, 3.8) is 0 Å². The fourth-order valence-corrected chi connectivity index (χ4v) is 2.75. The molecule has 1 aliphatic rings. The molecule has 9 nitrogen and oxygen atoms in total. The number of aryl methyl sites for hydroxylation is 1. The van der Waals surface area contributed by atoms with Gasteiger partial charge in [-0.1, -0.05) is 0 Å². The summed E-state index contributed by atoms with van der Waals surface area (Å²) in [6.45, 7) is 2.62. The molecule has 0 atom stereocenters. The first kappa shape index (κ1) is 16.7. The summed E-state index contributed by atoms with van der Waals surface area (Å²) < 4.78 is 16.1. The summed E-state index contributed by atoms with van der Waals surface area (Å²) in [5.74, 6) is 0.728. The second-order valence-electron chi connectivity index (χ2n) is 5.82. The molecular formula is C18H16N4O5. The van der Waals surface area contributed by atoms with E-state index in [1.807, 2.05) is 0 Å². The molecular weight excluding hydrogens is 352 g/mol. The summed E-state index contributed by atoms with van der Waals surface area (Å²) >= 11 is 0. The number of ether oxygens (including phenoxy) is 2. The molecule has 2 aromatic heterocycles. The number of H-pyrrole nitrogens is 1. The molecule has 3 N–H and O–H groups in total. The molecule has 0 spiro atoms. The third kappa shape index (κ3) is 3.22. The van der Waals surface area contributed by atoms with Gasteiger partial charge in [0.1, 0.15) is 19.0 Å². The van der Waals surface area contributed by atoms with Gasteiger partial charge in [-0.15, -0.1) is 0 Å². The molecule has 4 rings (SSSR count). The zero-order chi connectivity index (χ0) is 18.8. The third-order valence-electron chi connectivity index (χ3n) is 4.11. The third-order valence-corrected chi connectivity index (χ3v) is 4.11. The first-order valence-electron chi connectivity index (χ1n) is 8.21. The van der Waals surface area contributed by atoms with E-state index < -0.39 is 11.8 Å². The van der Waals surface area contributed by atoms with Crippen LogP contribution in [-0.4, -0.2) is 35.2 Å². The van der Waals surface area contributed by atoms with Crippen LogP contribution < -0.4 is 20.3 Å². The monoisotopic (exact) mass is 368 g/mol. The van der Waals surface area contributed by atoms with E-state index in [0.29, 0.717) is 47.3 Å². The van der Waals surface area contributed by atoms with Crippen molar-refractivity contribution in [3.8, 4) is 22.8 Å². The van der Waals surface area contributed by atoms with Crippen LogP contribution in [0, 0.1) is 6.92 Å². The number of furan rings is 1. The van der Waals surface area contributed by atoms with Crippen molar-refractivity contribution in [2.24, 2.45) is 0 Å². The van der Waals surface area contributed by atoms with E-state index in [0.717, 1.165) is 0 Å². The van der Waals surface area contributed by atoms with E-state index in [2.05, 4.69) is 21.0 Å². The number of rotatable bonds is 3. The molecule has 138 valence electrons. The number of nitrogens with zero attached hydrogens (tertiary/aromatic N) is 1. The molecule has 2 amide bonds. The van der Waals surface area contributed by atoms with Crippen LogP contribution in [0.5, 0.6) is 11.5 Å². The zero-order valence-corrected chi connectivity index (χ0v) is 14.4. The maximum atomic E-state index is 12.5. The van der Waals surface area contributed by atoms with Crippen molar-refractivity contribution in [1.82, 2.24) is 21.0 Å². The Morgan fingerprint density at radius 2 is 1.78 bits per heavy atom. The van der Waals surface area contributed by atoms with Gasteiger partial charge in [-0.3, -0.25) is 25.5 Å². The number of aromatic nitrogens is 2. The van der Waals surface area contributed by atoms with Gasteiger partial charge in [0, 0.05) is 5.56 Å². The Morgan fingerprint density at radius 3 is 2.52 bits per heavy atom. The van der Waals surface area contributed by atoms with Gasteiger partial charge in [-0.2, -0.15) is 5.10 Å². The molecule has 0 fully saturated rings. The van der Waals surface area contributed by atoms with Gasteiger partial charge in [0.05, 0.1) is 29.3 Å². The summed E-state index contributed by atoms with van der Waals surface area (Å²) in [7, 11) is 0. The van der Waals surface area contributed by atoms with E-state index in [1.165, 1.54) is 18.5 Å². The fourth-order valence-electron chi connectivity index (χ4n) is 2.75. The van der Waals surface area contributed by atoms with Crippen molar-refractivity contribution >= 4 is 11.8 Å². The second kappa shape index (κ2) is 6.87. The standard InChI is InChI=1S/C18H16N4O5/c1-10-12(4-5-25-10)17(23)21-22-18(24)13-9-19-20-16(13)11-2-3-14-15(8-11)27-7-6-26-14/h2-5,8-9H,6-7H2,1H3,(H,19,20)(H,21,23)(H,22,24). The van der Waals surface area contributed by atoms with Crippen LogP contribution in [0.15, 0.2) is 41.1 Å². The van der Waals surface area contributed by atoms with Crippen LogP contribution in [0.3, 0.4) is 0 Å². The predicted molar refractivity (Wildman–Crippen MR) is 93.4 cm³/mol. The molecule has 9 heteroatoms. The predicted octanol–water partition coefficient (Wildman–Crippen LogP) is 1.82. The highest BCUT2D eigenvalue weighted by molar-refractivity contribution is 6.02. The average molecular weight is 368 g/mol. The number of hydrogen-bond acceptors (Lipinski definition) is 6. The number of hydrazine groups is 1. The second-order valence-corrected chi connectivity index (χ2v) is 5.82. The number of hydrogen-bond donors (Lipinski definition) is 3. The first-order valence-corrected chi connectivity index (χ1v) is 8.21. The van der Waals surface area contributed by atoms with E-state index in [9.17, 15) is 9.59 Å². The van der Waals surface area contributed by atoms with Gasteiger partial charge < -0.3 is 13.9 Å². The van der Waals surface area contributed by atoms with Crippen LogP contribution in [0.1, 0.15) is 26.5 Å². The normalized spacial score (nSPS) is 12.5. The summed E-state index contributed by atoms with van der Waals surface area (Å²) in [4.78, 5) is 24.6. The van der Waals surface area contributed by atoms with Crippen LogP contribution in [0.25, 0.3) is 11.3 Å². The van der Waals surface area contributed by atoms with E-state index in [4.69, 9.17) is 13.9 Å². The molecule has 3 aromatic rings. The molecule has 0 bridgehead atoms. The maximum absolute atomic E-state index is 12.5. The largest absolute Gasteiger partial charge is 0.486 e. The molecule has 3 heterocycles.